The van der Waals surface area contributed by atoms with E-state index in [0.29, 0.717) is 29.8 Å². The third kappa shape index (κ3) is 3.53. The minimum atomic E-state index is -0.494. The van der Waals surface area contributed by atoms with Crippen molar-refractivity contribution in [3.05, 3.63) is 57.6 Å². The molecule has 8 nitrogen and oxygen atoms in total. The Morgan fingerprint density at radius 1 is 1.11 bits per heavy atom. The van der Waals surface area contributed by atoms with E-state index in [-0.39, 0.29) is 17.5 Å². The number of benzene rings is 2. The van der Waals surface area contributed by atoms with E-state index >= 15 is 0 Å². The van der Waals surface area contributed by atoms with E-state index in [1.807, 2.05) is 6.07 Å². The van der Waals surface area contributed by atoms with Gasteiger partial charge in [-0.05, 0) is 49.1 Å². The molecule has 2 aliphatic rings. The third-order valence-corrected chi connectivity index (χ3v) is 5.14. The van der Waals surface area contributed by atoms with Crippen molar-refractivity contribution >= 4 is 34.6 Å². The fourth-order valence-corrected chi connectivity index (χ4v) is 3.71. The van der Waals surface area contributed by atoms with E-state index in [1.165, 1.54) is 12.1 Å². The highest BCUT2D eigenvalue weighted by atomic mass is 16.6. The number of amides is 2. The van der Waals surface area contributed by atoms with Crippen LogP contribution in [0, 0.1) is 10.1 Å². The van der Waals surface area contributed by atoms with E-state index in [9.17, 15) is 19.7 Å². The van der Waals surface area contributed by atoms with Gasteiger partial charge in [0.15, 0.2) is 0 Å². The first kappa shape index (κ1) is 18.0. The second kappa shape index (κ2) is 7.30. The number of fused-ring (bicyclic) bond motifs is 1. The highest BCUT2D eigenvalue weighted by Gasteiger charge is 2.23. The van der Waals surface area contributed by atoms with Gasteiger partial charge in [-0.2, -0.15) is 0 Å². The Bertz CT molecular complexity index is 967. The number of carbonyl (C=O) groups excluding carboxylic acids is 2. The molecule has 0 unspecified atom stereocenters. The number of nitrogens with one attached hydrogen (secondary N) is 2. The van der Waals surface area contributed by atoms with E-state index in [1.54, 1.807) is 18.2 Å². The first-order valence-corrected chi connectivity index (χ1v) is 9.29. The predicted octanol–water partition coefficient (Wildman–Crippen LogP) is 3.33. The Morgan fingerprint density at radius 3 is 2.64 bits per heavy atom. The van der Waals surface area contributed by atoms with Crippen LogP contribution in [0.4, 0.5) is 22.7 Å². The number of aryl methyl sites for hydroxylation is 1. The van der Waals surface area contributed by atoms with Gasteiger partial charge in [-0.1, -0.05) is 0 Å². The van der Waals surface area contributed by atoms with Crippen LogP contribution in [0.15, 0.2) is 36.4 Å². The molecule has 0 spiro atoms. The molecule has 0 aromatic heterocycles. The Kier molecular flexibility index (Phi) is 4.68. The molecule has 2 aliphatic heterocycles. The quantitative estimate of drug-likeness (QED) is 0.625. The number of hydrogen-bond donors (Lipinski definition) is 2. The lowest BCUT2D eigenvalue weighted by Gasteiger charge is -2.21. The highest BCUT2D eigenvalue weighted by molar-refractivity contribution is 6.09. The lowest BCUT2D eigenvalue weighted by molar-refractivity contribution is -0.384. The van der Waals surface area contributed by atoms with E-state index in [4.69, 9.17) is 0 Å². The number of carbonyl (C=O) groups is 2. The molecule has 28 heavy (non-hydrogen) atoms. The molecule has 2 amide bonds. The van der Waals surface area contributed by atoms with Gasteiger partial charge < -0.3 is 15.5 Å². The summed E-state index contributed by atoms with van der Waals surface area (Å²) in [6.45, 7) is 1.66. The summed E-state index contributed by atoms with van der Waals surface area (Å²) in [6, 6.07) is 9.74. The maximum atomic E-state index is 13.0. The molecule has 0 atom stereocenters. The number of rotatable bonds is 4. The second-order valence-corrected chi connectivity index (χ2v) is 7.03. The van der Waals surface area contributed by atoms with Crippen LogP contribution in [0.5, 0.6) is 0 Å². The van der Waals surface area contributed by atoms with Crippen LogP contribution in [0.25, 0.3) is 0 Å². The first-order chi connectivity index (χ1) is 13.5. The molecule has 2 aromatic carbocycles. The Labute approximate surface area is 161 Å². The molecule has 144 valence electrons. The summed E-state index contributed by atoms with van der Waals surface area (Å²) in [4.78, 5) is 37.2. The van der Waals surface area contributed by atoms with Gasteiger partial charge >= 0.3 is 0 Å². The number of non-ortho nitro benzene ring substituents is 1. The van der Waals surface area contributed by atoms with Gasteiger partial charge in [0.05, 0.1) is 16.2 Å². The Morgan fingerprint density at radius 2 is 1.89 bits per heavy atom. The standard InChI is InChI=1S/C20H20N4O4/c25-19-8-3-13-11-14(4-6-17(13)22-19)21-20(26)16-12-15(24(27)28)5-7-18(16)23-9-1-2-10-23/h4-7,11-12H,1-3,8-10H2,(H,21,26)(H,22,25). The Hall–Kier alpha value is -3.42. The molecule has 0 radical (unpaired) electrons. The van der Waals surface area contributed by atoms with Gasteiger partial charge in [-0.15, -0.1) is 0 Å². The number of nitro groups is 1. The normalized spacial score (nSPS) is 15.7. The molecule has 1 fully saturated rings. The van der Waals surface area contributed by atoms with Crippen LogP contribution in [-0.4, -0.2) is 29.8 Å². The topological polar surface area (TPSA) is 105 Å². The summed E-state index contributed by atoms with van der Waals surface area (Å²) in [7, 11) is 0. The maximum absolute atomic E-state index is 13.0. The van der Waals surface area contributed by atoms with Gasteiger partial charge in [0.1, 0.15) is 0 Å². The number of nitrogens with zero attached hydrogens (tertiary/aromatic N) is 2. The van der Waals surface area contributed by atoms with E-state index in [2.05, 4.69) is 15.5 Å². The molecule has 0 bridgehead atoms. The number of anilines is 3. The molecular weight excluding hydrogens is 360 g/mol. The summed E-state index contributed by atoms with van der Waals surface area (Å²) >= 11 is 0. The molecule has 4 rings (SSSR count). The van der Waals surface area contributed by atoms with Crippen molar-refractivity contribution in [1.82, 2.24) is 0 Å². The molecular formula is C20H20N4O4. The molecule has 1 saturated heterocycles. The van der Waals surface area contributed by atoms with Crippen LogP contribution >= 0.6 is 0 Å². The largest absolute Gasteiger partial charge is 0.371 e. The van der Waals surface area contributed by atoms with Crippen molar-refractivity contribution in [2.24, 2.45) is 0 Å². The third-order valence-electron chi connectivity index (χ3n) is 5.14. The van der Waals surface area contributed by atoms with Crippen LogP contribution in [-0.2, 0) is 11.2 Å². The van der Waals surface area contributed by atoms with Gasteiger partial charge in [0, 0.05) is 43.0 Å². The van der Waals surface area contributed by atoms with Crippen LogP contribution < -0.4 is 15.5 Å². The van der Waals surface area contributed by atoms with Crippen LogP contribution in [0.1, 0.15) is 35.2 Å². The van der Waals surface area contributed by atoms with Crippen molar-refractivity contribution in [3.63, 3.8) is 0 Å². The van der Waals surface area contributed by atoms with Crippen molar-refractivity contribution in [2.75, 3.05) is 28.6 Å². The highest BCUT2D eigenvalue weighted by Crippen LogP contribution is 2.30. The summed E-state index contributed by atoms with van der Waals surface area (Å²) in [5.41, 5.74) is 3.20. The van der Waals surface area contributed by atoms with E-state index < -0.39 is 4.92 Å². The molecule has 8 heteroatoms. The van der Waals surface area contributed by atoms with Gasteiger partial charge in [-0.25, -0.2) is 0 Å². The zero-order valence-corrected chi connectivity index (χ0v) is 15.2. The van der Waals surface area contributed by atoms with Crippen molar-refractivity contribution in [2.45, 2.75) is 25.7 Å². The van der Waals surface area contributed by atoms with Crippen molar-refractivity contribution < 1.29 is 14.5 Å². The van der Waals surface area contributed by atoms with Crippen LogP contribution in [0.2, 0.25) is 0 Å². The monoisotopic (exact) mass is 380 g/mol. The Balaban J connectivity index is 1.62. The number of nitro benzene ring substituents is 1. The fraction of sp³-hybridized carbons (Fsp3) is 0.300. The second-order valence-electron chi connectivity index (χ2n) is 7.03. The van der Waals surface area contributed by atoms with E-state index in [0.717, 1.165) is 37.2 Å². The SMILES string of the molecule is O=C1CCc2cc(NC(=O)c3cc([N+](=O)[O-])ccc3N3CCCC3)ccc2N1. The zero-order valence-electron chi connectivity index (χ0n) is 15.2. The number of hydrogen-bond acceptors (Lipinski definition) is 5. The molecule has 0 aliphatic carbocycles. The lowest BCUT2D eigenvalue weighted by atomic mass is 10.0. The van der Waals surface area contributed by atoms with Crippen molar-refractivity contribution in [3.8, 4) is 0 Å². The zero-order chi connectivity index (χ0) is 19.7. The summed E-state index contributed by atoms with van der Waals surface area (Å²) in [5, 5.41) is 16.8. The summed E-state index contributed by atoms with van der Waals surface area (Å²) in [6.07, 6.45) is 3.10. The summed E-state index contributed by atoms with van der Waals surface area (Å²) in [5.74, 6) is -0.401. The minimum Gasteiger partial charge on any atom is -0.371 e. The first-order valence-electron chi connectivity index (χ1n) is 9.29. The average Bonchev–Trinajstić information content (AvgIpc) is 3.22. The fourth-order valence-electron chi connectivity index (χ4n) is 3.71. The van der Waals surface area contributed by atoms with Gasteiger partial charge in [0.2, 0.25) is 5.91 Å². The molecule has 0 saturated carbocycles. The molecule has 2 N–H and O–H groups in total. The van der Waals surface area contributed by atoms with Crippen LogP contribution in [0.3, 0.4) is 0 Å². The molecule has 2 heterocycles. The maximum Gasteiger partial charge on any atom is 0.270 e. The smallest absolute Gasteiger partial charge is 0.270 e. The molecule has 2 aromatic rings. The van der Waals surface area contributed by atoms with Crippen molar-refractivity contribution in [1.29, 1.82) is 0 Å². The predicted molar refractivity (Wildman–Crippen MR) is 106 cm³/mol. The van der Waals surface area contributed by atoms with Gasteiger partial charge in [-0.3, -0.25) is 19.7 Å². The lowest BCUT2D eigenvalue weighted by Crippen LogP contribution is -2.23. The average molecular weight is 380 g/mol. The summed E-state index contributed by atoms with van der Waals surface area (Å²) < 4.78 is 0. The van der Waals surface area contributed by atoms with Gasteiger partial charge in [0.25, 0.3) is 11.6 Å². The minimum absolute atomic E-state index is 0.0175.